The second kappa shape index (κ2) is 31.5. The molecule has 0 N–H and O–H groups in total. The molecule has 0 fully saturated rings. The van der Waals surface area contributed by atoms with Crippen LogP contribution in [0.25, 0.3) is 132 Å². The Morgan fingerprint density at radius 3 is 0.808 bits per heavy atom. The average molecular weight is 1590 g/mol. The maximum atomic E-state index is 2.68. The van der Waals surface area contributed by atoms with Crippen LogP contribution in [0.4, 0.5) is 85.3 Å². The van der Waals surface area contributed by atoms with E-state index in [4.69, 9.17) is 0 Å². The highest BCUT2D eigenvalue weighted by Crippen LogP contribution is 2.68. The zero-order valence-corrected chi connectivity index (χ0v) is 68.5. The maximum absolute atomic E-state index is 2.68. The van der Waals surface area contributed by atoms with Crippen molar-refractivity contribution < 1.29 is 0 Å². The lowest BCUT2D eigenvalue weighted by Crippen LogP contribution is -2.31. The summed E-state index contributed by atoms with van der Waals surface area (Å²) < 4.78 is 0. The maximum Gasteiger partial charge on any atom is 0.0948 e. The van der Waals surface area contributed by atoms with Crippen LogP contribution in [0.2, 0.25) is 0 Å². The number of fused-ring (bicyclic) bond motifs is 7. The van der Waals surface area contributed by atoms with E-state index < -0.39 is 0 Å². The van der Waals surface area contributed by atoms with Crippen molar-refractivity contribution in [3.8, 4) is 100 Å². The number of rotatable bonds is 17. The van der Waals surface area contributed by atoms with Gasteiger partial charge in [0.05, 0.1) is 62.6 Å². The van der Waals surface area contributed by atoms with Gasteiger partial charge in [0.1, 0.15) is 0 Å². The Labute approximate surface area is 728 Å². The van der Waals surface area contributed by atoms with Gasteiger partial charge in [-0.15, -0.1) is 0 Å². The molecule has 23 rings (SSSR count). The molecule has 21 aromatic carbocycles. The first kappa shape index (κ1) is 73.5. The third-order valence-corrected chi connectivity index (χ3v) is 24.9. The summed E-state index contributed by atoms with van der Waals surface area (Å²) in [7, 11) is 0. The van der Waals surface area contributed by atoms with Crippen molar-refractivity contribution in [2.24, 2.45) is 0 Å². The molecular formula is C120H81N5. The Morgan fingerprint density at radius 2 is 0.424 bits per heavy atom. The summed E-state index contributed by atoms with van der Waals surface area (Å²) in [5.41, 5.74) is 34.8. The molecule has 2 heterocycles. The van der Waals surface area contributed by atoms with Gasteiger partial charge in [-0.3, -0.25) is 0 Å². The molecule has 0 bridgehead atoms. The molecular weight excluding hydrogens is 1510 g/mol. The second-order valence-electron chi connectivity index (χ2n) is 32.3. The summed E-state index contributed by atoms with van der Waals surface area (Å²) >= 11 is 0. The molecule has 0 saturated heterocycles. The Balaban J connectivity index is 0.894. The van der Waals surface area contributed by atoms with Crippen LogP contribution in [0.5, 0.6) is 0 Å². The Kier molecular flexibility index (Phi) is 18.5. The smallest absolute Gasteiger partial charge is 0.0948 e. The van der Waals surface area contributed by atoms with Crippen LogP contribution >= 0.6 is 0 Å². The fraction of sp³-hybridized carbons (Fsp3) is 0. The number of hydrogen-bond donors (Lipinski definition) is 0. The summed E-state index contributed by atoms with van der Waals surface area (Å²) in [4.78, 5) is 12.9. The van der Waals surface area contributed by atoms with Gasteiger partial charge >= 0.3 is 0 Å². The van der Waals surface area contributed by atoms with E-state index in [0.29, 0.717) is 0 Å². The standard InChI is InChI=1S/C120H81N5/c1-7-33-82(34-8-1)90-47-25-51-95(74-90)106-61-31-62-107(96-52-26-48-91(75-96)83-35-9-2-10-36-83)118(106)124-114-80-102(121(100-55-15-5-16-56-100)110-65-29-45-87-42-21-23-59-104(87)110)69-71-112(114)123-113-72-70-103(122(101-57-17-6-18-58-101)111-66-30-46-88-43-22-24-60-105(88)111)81-115(113)125(117-79-99(78-116(124)120(117)123)94-68-67-86-41-19-20-44-89(86)73-94)119-108(97-53-27-49-92(76-97)84-37-11-3-12-38-84)63-32-64-109(119)98-54-28-50-93(77-98)85-39-13-4-14-40-85/h1-81H. The van der Waals surface area contributed by atoms with Crippen LogP contribution in [-0.4, -0.2) is 0 Å². The highest BCUT2D eigenvalue weighted by atomic mass is 15.3. The molecule has 0 aromatic heterocycles. The van der Waals surface area contributed by atoms with Crippen molar-refractivity contribution in [1.29, 1.82) is 0 Å². The molecule has 0 amide bonds. The lowest BCUT2D eigenvalue weighted by Gasteiger charge is -2.49. The van der Waals surface area contributed by atoms with Gasteiger partial charge in [-0.25, -0.2) is 0 Å². The summed E-state index contributed by atoms with van der Waals surface area (Å²) in [6.07, 6.45) is 0. The fourth-order valence-electron chi connectivity index (χ4n) is 19.2. The van der Waals surface area contributed by atoms with Gasteiger partial charge in [-0.1, -0.05) is 376 Å². The predicted molar refractivity (Wildman–Crippen MR) is 528 cm³/mol. The number of benzene rings is 21. The normalized spacial score (nSPS) is 12.0. The van der Waals surface area contributed by atoms with Crippen LogP contribution in [0.3, 0.4) is 0 Å². The Morgan fingerprint density at radius 1 is 0.136 bits per heavy atom. The lowest BCUT2D eigenvalue weighted by molar-refractivity contribution is 1.11. The van der Waals surface area contributed by atoms with Gasteiger partial charge in [-0.05, 0) is 215 Å². The van der Waals surface area contributed by atoms with Gasteiger partial charge in [0, 0.05) is 55.8 Å². The average Bonchev–Trinajstić information content (AvgIpc) is 0.684. The molecule has 586 valence electrons. The van der Waals surface area contributed by atoms with E-state index >= 15 is 0 Å². The molecule has 5 nitrogen and oxygen atoms in total. The summed E-state index contributed by atoms with van der Waals surface area (Å²) in [5, 5.41) is 6.90. The first-order chi connectivity index (χ1) is 62.0. The Bertz CT molecular complexity index is 7060. The quantitative estimate of drug-likeness (QED) is 0.0900. The van der Waals surface area contributed by atoms with Gasteiger partial charge in [-0.2, -0.15) is 0 Å². The van der Waals surface area contributed by atoms with E-state index in [1.54, 1.807) is 0 Å². The molecule has 0 saturated carbocycles. The minimum Gasteiger partial charge on any atom is -0.310 e. The summed E-state index contributed by atoms with van der Waals surface area (Å²) in [5.74, 6) is 0. The van der Waals surface area contributed by atoms with E-state index in [2.05, 4.69) is 516 Å². The number of nitrogens with zero attached hydrogens (tertiary/aromatic N) is 5. The van der Waals surface area contributed by atoms with Crippen LogP contribution in [0.1, 0.15) is 0 Å². The van der Waals surface area contributed by atoms with E-state index in [1.165, 1.54) is 5.39 Å². The van der Waals surface area contributed by atoms with Crippen molar-refractivity contribution in [2.75, 3.05) is 24.5 Å². The van der Waals surface area contributed by atoms with E-state index in [-0.39, 0.29) is 0 Å². The number of anilines is 15. The predicted octanol–water partition coefficient (Wildman–Crippen LogP) is 34.1. The van der Waals surface area contributed by atoms with Crippen molar-refractivity contribution in [3.63, 3.8) is 0 Å². The van der Waals surface area contributed by atoms with E-state index in [9.17, 15) is 0 Å². The monoisotopic (exact) mass is 1590 g/mol. The molecule has 0 aliphatic carbocycles. The summed E-state index contributed by atoms with van der Waals surface area (Å²) in [6, 6.07) is 182. The molecule has 0 unspecified atom stereocenters. The van der Waals surface area contributed by atoms with E-state index in [0.717, 1.165) is 212 Å². The highest BCUT2D eigenvalue weighted by molar-refractivity contribution is 6.19. The van der Waals surface area contributed by atoms with Crippen LogP contribution in [-0.2, 0) is 0 Å². The zero-order valence-electron chi connectivity index (χ0n) is 68.5. The van der Waals surface area contributed by atoms with Crippen LogP contribution in [0, 0.1) is 0 Å². The third-order valence-electron chi connectivity index (χ3n) is 24.9. The minimum atomic E-state index is 0.978. The minimum absolute atomic E-state index is 0.978. The molecule has 0 atom stereocenters. The topological polar surface area (TPSA) is 16.2 Å². The van der Waals surface area contributed by atoms with Gasteiger partial charge < -0.3 is 24.5 Å². The SMILES string of the molecule is c1ccc(-c2cccc(-c3cccc(-c4cccc(-c5ccccc5)c4)c3N3c4cc(N(c5ccccc5)c5cccc6ccccc56)ccc4N4c5ccc(N(c6ccccc6)c6cccc7ccccc67)cc5N(c5c(-c6cccc(-c7ccccc7)c6)cccc5-c5cccc(-c6ccccc6)c5)c5cc(-c6ccc7ccccc7c6)cc3c54)c2)cc1. The van der Waals surface area contributed by atoms with Crippen molar-refractivity contribution in [2.45, 2.75) is 0 Å². The van der Waals surface area contributed by atoms with Gasteiger partial charge in [0.2, 0.25) is 0 Å². The fourth-order valence-corrected chi connectivity index (χ4v) is 19.2. The molecule has 2 aliphatic rings. The van der Waals surface area contributed by atoms with Crippen molar-refractivity contribution in [3.05, 3.63) is 491 Å². The van der Waals surface area contributed by atoms with Crippen molar-refractivity contribution in [1.82, 2.24) is 0 Å². The zero-order chi connectivity index (χ0) is 82.7. The Hall–Kier alpha value is -16.6. The third kappa shape index (κ3) is 13.3. The molecule has 2 aliphatic heterocycles. The van der Waals surface area contributed by atoms with Gasteiger partial charge in [0.25, 0.3) is 0 Å². The largest absolute Gasteiger partial charge is 0.310 e. The first-order valence-corrected chi connectivity index (χ1v) is 42.9. The first-order valence-electron chi connectivity index (χ1n) is 42.9. The molecule has 0 spiro atoms. The lowest BCUT2D eigenvalue weighted by atomic mass is 9.88. The second-order valence-corrected chi connectivity index (χ2v) is 32.3. The number of para-hydroxylation sites is 4. The summed E-state index contributed by atoms with van der Waals surface area (Å²) in [6.45, 7) is 0. The van der Waals surface area contributed by atoms with Gasteiger partial charge in [0.15, 0.2) is 0 Å². The molecule has 125 heavy (non-hydrogen) atoms. The highest BCUT2D eigenvalue weighted by Gasteiger charge is 2.43. The van der Waals surface area contributed by atoms with Crippen LogP contribution in [0.15, 0.2) is 491 Å². The number of hydrogen-bond acceptors (Lipinski definition) is 5. The van der Waals surface area contributed by atoms with Crippen molar-refractivity contribution >= 4 is 118 Å². The molecule has 21 aromatic rings. The molecule has 0 radical (unpaired) electrons. The van der Waals surface area contributed by atoms with Crippen LogP contribution < -0.4 is 24.5 Å². The van der Waals surface area contributed by atoms with E-state index in [1.807, 2.05) is 0 Å². The molecule has 5 heteroatoms.